The molecular weight excluding hydrogens is 375 g/mol. The molecule has 2 aromatic rings. The SMILES string of the molecule is Cc1cc(C)cc(NC(=O)COC(=O)[C@@H](NC(=O)c2ccccc2F)C(C)C)c1. The van der Waals surface area contributed by atoms with Crippen molar-refractivity contribution in [3.8, 4) is 0 Å². The number of carbonyl (C=O) groups excluding carboxylic acids is 3. The molecule has 0 unspecified atom stereocenters. The summed E-state index contributed by atoms with van der Waals surface area (Å²) in [5.41, 5.74) is 2.43. The van der Waals surface area contributed by atoms with Gasteiger partial charge in [-0.3, -0.25) is 9.59 Å². The molecule has 0 aliphatic heterocycles. The predicted molar refractivity (Wildman–Crippen MR) is 108 cm³/mol. The highest BCUT2D eigenvalue weighted by Crippen LogP contribution is 2.14. The molecule has 0 saturated heterocycles. The van der Waals surface area contributed by atoms with Gasteiger partial charge in [0.2, 0.25) is 0 Å². The van der Waals surface area contributed by atoms with Crippen LogP contribution in [0.4, 0.5) is 10.1 Å². The van der Waals surface area contributed by atoms with Gasteiger partial charge in [-0.25, -0.2) is 9.18 Å². The molecule has 0 saturated carbocycles. The van der Waals surface area contributed by atoms with Crippen LogP contribution in [-0.2, 0) is 14.3 Å². The van der Waals surface area contributed by atoms with E-state index in [4.69, 9.17) is 4.74 Å². The van der Waals surface area contributed by atoms with Gasteiger partial charge in [0.25, 0.3) is 11.8 Å². The molecule has 6 nitrogen and oxygen atoms in total. The summed E-state index contributed by atoms with van der Waals surface area (Å²) in [6, 6.07) is 10.0. The number of benzene rings is 2. The molecule has 2 aromatic carbocycles. The Hall–Kier alpha value is -3.22. The molecule has 1 atom stereocenters. The molecule has 0 aliphatic carbocycles. The Morgan fingerprint density at radius 3 is 2.24 bits per heavy atom. The van der Waals surface area contributed by atoms with Crippen molar-refractivity contribution in [3.63, 3.8) is 0 Å². The predicted octanol–water partition coefficient (Wildman–Crippen LogP) is 3.38. The van der Waals surface area contributed by atoms with Gasteiger partial charge in [-0.1, -0.05) is 32.0 Å². The van der Waals surface area contributed by atoms with Gasteiger partial charge in [-0.2, -0.15) is 0 Å². The lowest BCUT2D eigenvalue weighted by Crippen LogP contribution is -2.46. The molecule has 2 rings (SSSR count). The second kappa shape index (κ2) is 9.82. The number of hydrogen-bond acceptors (Lipinski definition) is 4. The van der Waals surface area contributed by atoms with E-state index in [-0.39, 0.29) is 11.5 Å². The number of esters is 1. The van der Waals surface area contributed by atoms with E-state index in [1.165, 1.54) is 18.2 Å². The van der Waals surface area contributed by atoms with E-state index in [1.807, 2.05) is 19.9 Å². The fraction of sp³-hybridized carbons (Fsp3) is 0.318. The third kappa shape index (κ3) is 6.41. The molecule has 29 heavy (non-hydrogen) atoms. The Morgan fingerprint density at radius 2 is 1.66 bits per heavy atom. The van der Waals surface area contributed by atoms with Crippen LogP contribution in [0, 0.1) is 25.6 Å². The van der Waals surface area contributed by atoms with Crippen molar-refractivity contribution < 1.29 is 23.5 Å². The lowest BCUT2D eigenvalue weighted by molar-refractivity contribution is -0.150. The molecule has 7 heteroatoms. The number of ether oxygens (including phenoxy) is 1. The van der Waals surface area contributed by atoms with Crippen LogP contribution in [0.2, 0.25) is 0 Å². The quantitative estimate of drug-likeness (QED) is 0.698. The first kappa shape index (κ1) is 22.1. The normalized spacial score (nSPS) is 11.7. The van der Waals surface area contributed by atoms with Gasteiger partial charge in [-0.15, -0.1) is 0 Å². The fourth-order valence-corrected chi connectivity index (χ4v) is 2.83. The summed E-state index contributed by atoms with van der Waals surface area (Å²) in [6.45, 7) is 6.75. The third-order valence-corrected chi connectivity index (χ3v) is 4.18. The zero-order valence-corrected chi connectivity index (χ0v) is 16.9. The number of nitrogens with one attached hydrogen (secondary N) is 2. The molecule has 2 amide bonds. The topological polar surface area (TPSA) is 84.5 Å². The summed E-state index contributed by atoms with van der Waals surface area (Å²) < 4.78 is 18.8. The Bertz CT molecular complexity index is 891. The Morgan fingerprint density at radius 1 is 1.03 bits per heavy atom. The first-order valence-corrected chi connectivity index (χ1v) is 9.27. The van der Waals surface area contributed by atoms with Crippen molar-refractivity contribution in [2.24, 2.45) is 5.92 Å². The van der Waals surface area contributed by atoms with Crippen LogP contribution >= 0.6 is 0 Å². The largest absolute Gasteiger partial charge is 0.454 e. The maximum Gasteiger partial charge on any atom is 0.329 e. The van der Waals surface area contributed by atoms with Crippen molar-refractivity contribution >= 4 is 23.5 Å². The van der Waals surface area contributed by atoms with E-state index in [1.54, 1.807) is 26.0 Å². The summed E-state index contributed by atoms with van der Waals surface area (Å²) in [4.78, 5) is 36.8. The Kier molecular flexibility index (Phi) is 7.47. The second-order valence-corrected chi connectivity index (χ2v) is 7.21. The van der Waals surface area contributed by atoms with Crippen molar-refractivity contribution in [1.29, 1.82) is 0 Å². The second-order valence-electron chi connectivity index (χ2n) is 7.21. The molecule has 0 heterocycles. The third-order valence-electron chi connectivity index (χ3n) is 4.18. The summed E-state index contributed by atoms with van der Waals surface area (Å²) in [5, 5.41) is 5.14. The lowest BCUT2D eigenvalue weighted by atomic mass is 10.0. The van der Waals surface area contributed by atoms with Crippen LogP contribution in [0.15, 0.2) is 42.5 Å². The summed E-state index contributed by atoms with van der Waals surface area (Å²) in [7, 11) is 0. The first-order valence-electron chi connectivity index (χ1n) is 9.27. The highest BCUT2D eigenvalue weighted by atomic mass is 19.1. The van der Waals surface area contributed by atoms with Crippen LogP contribution < -0.4 is 10.6 Å². The summed E-state index contributed by atoms with van der Waals surface area (Å²) >= 11 is 0. The molecule has 0 fully saturated rings. The number of hydrogen-bond donors (Lipinski definition) is 2. The van der Waals surface area contributed by atoms with Gasteiger partial charge in [-0.05, 0) is 55.2 Å². The maximum atomic E-state index is 13.8. The van der Waals surface area contributed by atoms with Crippen LogP contribution in [0.25, 0.3) is 0 Å². The van der Waals surface area contributed by atoms with E-state index in [0.29, 0.717) is 5.69 Å². The summed E-state index contributed by atoms with van der Waals surface area (Å²) in [6.07, 6.45) is 0. The minimum atomic E-state index is -1.02. The highest BCUT2D eigenvalue weighted by Gasteiger charge is 2.27. The zero-order valence-electron chi connectivity index (χ0n) is 16.9. The van der Waals surface area contributed by atoms with Crippen molar-refractivity contribution in [2.45, 2.75) is 33.7 Å². The number of amides is 2. The van der Waals surface area contributed by atoms with Crippen LogP contribution in [0.5, 0.6) is 0 Å². The maximum absolute atomic E-state index is 13.8. The van der Waals surface area contributed by atoms with Gasteiger partial charge in [0, 0.05) is 5.69 Å². The smallest absolute Gasteiger partial charge is 0.329 e. The van der Waals surface area contributed by atoms with Crippen molar-refractivity contribution in [2.75, 3.05) is 11.9 Å². The number of carbonyl (C=O) groups is 3. The number of anilines is 1. The zero-order chi connectivity index (χ0) is 21.6. The molecule has 0 bridgehead atoms. The molecule has 2 N–H and O–H groups in total. The van der Waals surface area contributed by atoms with Gasteiger partial charge >= 0.3 is 5.97 Å². The monoisotopic (exact) mass is 400 g/mol. The van der Waals surface area contributed by atoms with E-state index >= 15 is 0 Å². The van der Waals surface area contributed by atoms with Crippen molar-refractivity contribution in [3.05, 3.63) is 65.0 Å². The Labute approximate surface area is 169 Å². The van der Waals surface area contributed by atoms with Crippen molar-refractivity contribution in [1.82, 2.24) is 5.32 Å². The average molecular weight is 400 g/mol. The molecule has 0 aliphatic rings. The molecule has 0 radical (unpaired) electrons. The minimum Gasteiger partial charge on any atom is -0.454 e. The van der Waals surface area contributed by atoms with Gasteiger partial charge in [0.15, 0.2) is 6.61 Å². The highest BCUT2D eigenvalue weighted by molar-refractivity contribution is 5.97. The Balaban J connectivity index is 1.96. The lowest BCUT2D eigenvalue weighted by Gasteiger charge is -2.21. The standard InChI is InChI=1S/C22H25FN2O4/c1-13(2)20(25-21(27)17-7-5-6-8-18(17)23)22(28)29-12-19(26)24-16-10-14(3)9-15(4)11-16/h5-11,13,20H,12H2,1-4H3,(H,24,26)(H,25,27)/t20-/m0/s1. The molecule has 0 aromatic heterocycles. The average Bonchev–Trinajstić information content (AvgIpc) is 2.63. The van der Waals surface area contributed by atoms with Crippen LogP contribution in [0.1, 0.15) is 35.3 Å². The number of rotatable bonds is 7. The number of aryl methyl sites for hydroxylation is 2. The molecule has 154 valence electrons. The first-order chi connectivity index (χ1) is 13.7. The molecular formula is C22H25FN2O4. The summed E-state index contributed by atoms with van der Waals surface area (Å²) in [5.74, 6) is -2.99. The van der Waals surface area contributed by atoms with Crippen LogP contribution in [-0.4, -0.2) is 30.4 Å². The van der Waals surface area contributed by atoms with E-state index in [0.717, 1.165) is 17.2 Å². The number of halogens is 1. The van der Waals surface area contributed by atoms with Gasteiger partial charge < -0.3 is 15.4 Å². The van der Waals surface area contributed by atoms with E-state index < -0.39 is 36.2 Å². The van der Waals surface area contributed by atoms with Gasteiger partial charge in [0.1, 0.15) is 11.9 Å². The molecule has 0 spiro atoms. The van der Waals surface area contributed by atoms with E-state index in [2.05, 4.69) is 10.6 Å². The fourth-order valence-electron chi connectivity index (χ4n) is 2.83. The van der Waals surface area contributed by atoms with E-state index in [9.17, 15) is 18.8 Å². The van der Waals surface area contributed by atoms with Crippen LogP contribution in [0.3, 0.4) is 0 Å². The minimum absolute atomic E-state index is 0.168. The van der Waals surface area contributed by atoms with Gasteiger partial charge in [0.05, 0.1) is 5.56 Å².